The van der Waals surface area contributed by atoms with Gasteiger partial charge in [-0.05, 0) is 44.5 Å². The van der Waals surface area contributed by atoms with Crippen molar-refractivity contribution in [3.05, 3.63) is 29.8 Å². The molecule has 1 aromatic rings. The first-order valence-corrected chi connectivity index (χ1v) is 8.70. The van der Waals surface area contributed by atoms with Crippen LogP contribution in [0.2, 0.25) is 0 Å². The number of sulfone groups is 1. The van der Waals surface area contributed by atoms with Crippen molar-refractivity contribution in [3.8, 4) is 5.75 Å². The minimum atomic E-state index is -3.19. The normalized spacial score (nSPS) is 14.1. The molecule has 1 atom stereocenters. The number of ether oxygens (including phenoxy) is 1. The standard InChI is InChI=1S/C15H25NO3S/c1-6-11-16-14(15(2,3)20(5,17)18)12-7-9-13(19-4)10-8-12/h7-10,14,16H,6,11H2,1-5H3. The van der Waals surface area contributed by atoms with E-state index >= 15 is 0 Å². The predicted molar refractivity (Wildman–Crippen MR) is 83.0 cm³/mol. The fraction of sp³-hybridized carbons (Fsp3) is 0.600. The molecule has 0 aliphatic heterocycles. The van der Waals surface area contributed by atoms with Gasteiger partial charge in [-0.15, -0.1) is 0 Å². The molecule has 0 heterocycles. The Bertz CT molecular complexity index is 521. The first-order valence-electron chi connectivity index (χ1n) is 6.81. The van der Waals surface area contributed by atoms with Crippen LogP contribution in [0, 0.1) is 0 Å². The highest BCUT2D eigenvalue weighted by Gasteiger charge is 2.39. The van der Waals surface area contributed by atoms with E-state index in [1.807, 2.05) is 24.3 Å². The van der Waals surface area contributed by atoms with Gasteiger partial charge in [-0.1, -0.05) is 19.1 Å². The van der Waals surface area contributed by atoms with Crippen molar-refractivity contribution in [1.29, 1.82) is 0 Å². The van der Waals surface area contributed by atoms with Crippen molar-refractivity contribution in [2.24, 2.45) is 0 Å². The molecule has 0 saturated carbocycles. The second kappa shape index (κ2) is 6.59. The van der Waals surface area contributed by atoms with E-state index in [4.69, 9.17) is 4.74 Å². The van der Waals surface area contributed by atoms with Gasteiger partial charge in [-0.3, -0.25) is 0 Å². The van der Waals surface area contributed by atoms with E-state index in [-0.39, 0.29) is 6.04 Å². The number of benzene rings is 1. The van der Waals surface area contributed by atoms with Crippen molar-refractivity contribution in [1.82, 2.24) is 5.32 Å². The van der Waals surface area contributed by atoms with Crippen LogP contribution in [0.3, 0.4) is 0 Å². The lowest BCUT2D eigenvalue weighted by atomic mass is 9.95. The first kappa shape index (κ1) is 17.0. The monoisotopic (exact) mass is 299 g/mol. The van der Waals surface area contributed by atoms with Crippen LogP contribution in [0.1, 0.15) is 38.8 Å². The Morgan fingerprint density at radius 3 is 2.20 bits per heavy atom. The van der Waals surface area contributed by atoms with E-state index in [0.29, 0.717) is 0 Å². The van der Waals surface area contributed by atoms with Crippen LogP contribution >= 0.6 is 0 Å². The van der Waals surface area contributed by atoms with Gasteiger partial charge in [0.15, 0.2) is 9.84 Å². The lowest BCUT2D eigenvalue weighted by Gasteiger charge is -2.34. The molecule has 0 aliphatic rings. The molecule has 114 valence electrons. The molecule has 0 fully saturated rings. The number of methoxy groups -OCH3 is 1. The second-order valence-corrected chi connectivity index (χ2v) is 8.13. The SMILES string of the molecule is CCCNC(c1ccc(OC)cc1)C(C)(C)S(C)(=O)=O. The van der Waals surface area contributed by atoms with Gasteiger partial charge in [0.25, 0.3) is 0 Å². The zero-order chi connectivity index (χ0) is 15.4. The minimum Gasteiger partial charge on any atom is -0.497 e. The molecule has 0 aliphatic carbocycles. The molecule has 0 aromatic heterocycles. The Morgan fingerprint density at radius 1 is 1.25 bits per heavy atom. The molecule has 1 aromatic carbocycles. The number of hydrogen-bond donors (Lipinski definition) is 1. The molecule has 1 unspecified atom stereocenters. The van der Waals surface area contributed by atoms with E-state index < -0.39 is 14.6 Å². The van der Waals surface area contributed by atoms with E-state index in [2.05, 4.69) is 12.2 Å². The Hall–Kier alpha value is -1.07. The summed E-state index contributed by atoms with van der Waals surface area (Å²) in [6.07, 6.45) is 2.24. The molecular weight excluding hydrogens is 274 g/mol. The molecule has 0 saturated heterocycles. The molecule has 0 amide bonds. The topological polar surface area (TPSA) is 55.4 Å². The van der Waals surface area contributed by atoms with Gasteiger partial charge in [0.05, 0.1) is 17.9 Å². The zero-order valence-electron chi connectivity index (χ0n) is 12.9. The lowest BCUT2D eigenvalue weighted by molar-refractivity contribution is 0.409. The van der Waals surface area contributed by atoms with Crippen LogP contribution in [0.15, 0.2) is 24.3 Å². The molecule has 0 bridgehead atoms. The van der Waals surface area contributed by atoms with Crippen molar-refractivity contribution < 1.29 is 13.2 Å². The van der Waals surface area contributed by atoms with E-state index in [9.17, 15) is 8.42 Å². The molecular formula is C15H25NO3S. The van der Waals surface area contributed by atoms with Crippen molar-refractivity contribution in [2.75, 3.05) is 19.9 Å². The van der Waals surface area contributed by atoms with Crippen LogP contribution < -0.4 is 10.1 Å². The Morgan fingerprint density at radius 2 is 1.80 bits per heavy atom. The Balaban J connectivity index is 3.17. The number of rotatable bonds is 7. The summed E-state index contributed by atoms with van der Waals surface area (Å²) in [7, 11) is -1.58. The summed E-state index contributed by atoms with van der Waals surface area (Å²) < 4.78 is 28.4. The number of hydrogen-bond acceptors (Lipinski definition) is 4. The average Bonchev–Trinajstić information content (AvgIpc) is 2.38. The summed E-state index contributed by atoms with van der Waals surface area (Å²) in [4.78, 5) is 0. The quantitative estimate of drug-likeness (QED) is 0.840. The highest BCUT2D eigenvalue weighted by molar-refractivity contribution is 7.92. The summed E-state index contributed by atoms with van der Waals surface area (Å²) in [5.74, 6) is 0.764. The minimum absolute atomic E-state index is 0.247. The molecule has 4 nitrogen and oxygen atoms in total. The van der Waals surface area contributed by atoms with Gasteiger partial charge >= 0.3 is 0 Å². The smallest absolute Gasteiger partial charge is 0.154 e. The van der Waals surface area contributed by atoms with Crippen LogP contribution in [0.5, 0.6) is 5.75 Å². The van der Waals surface area contributed by atoms with Gasteiger partial charge in [0.2, 0.25) is 0 Å². The molecule has 1 rings (SSSR count). The Labute approximate surface area is 122 Å². The van der Waals surface area contributed by atoms with E-state index in [0.717, 1.165) is 24.3 Å². The molecule has 0 spiro atoms. The van der Waals surface area contributed by atoms with Gasteiger partial charge in [-0.25, -0.2) is 8.42 Å². The molecule has 20 heavy (non-hydrogen) atoms. The summed E-state index contributed by atoms with van der Waals surface area (Å²) in [6, 6.07) is 7.30. The zero-order valence-corrected chi connectivity index (χ0v) is 13.8. The summed E-state index contributed by atoms with van der Waals surface area (Å²) in [6.45, 7) is 6.36. The predicted octanol–water partition coefficient (Wildman–Crippen LogP) is 2.56. The van der Waals surface area contributed by atoms with Crippen LogP contribution in [0.4, 0.5) is 0 Å². The van der Waals surface area contributed by atoms with Crippen LogP contribution in [0.25, 0.3) is 0 Å². The van der Waals surface area contributed by atoms with Crippen molar-refractivity contribution >= 4 is 9.84 Å². The van der Waals surface area contributed by atoms with Gasteiger partial charge in [0.1, 0.15) is 5.75 Å². The average molecular weight is 299 g/mol. The lowest BCUT2D eigenvalue weighted by Crippen LogP contribution is -2.45. The molecule has 1 N–H and O–H groups in total. The summed E-state index contributed by atoms with van der Waals surface area (Å²) in [5.41, 5.74) is 0.953. The fourth-order valence-corrected chi connectivity index (χ4v) is 2.71. The van der Waals surface area contributed by atoms with Gasteiger partial charge in [-0.2, -0.15) is 0 Å². The summed E-state index contributed by atoms with van der Waals surface area (Å²) >= 11 is 0. The van der Waals surface area contributed by atoms with Crippen LogP contribution in [-0.4, -0.2) is 33.1 Å². The van der Waals surface area contributed by atoms with Crippen molar-refractivity contribution in [3.63, 3.8) is 0 Å². The maximum atomic E-state index is 12.1. The third-order valence-corrected chi connectivity index (χ3v) is 5.85. The van der Waals surface area contributed by atoms with Crippen LogP contribution in [-0.2, 0) is 9.84 Å². The molecule has 5 heteroatoms. The number of nitrogens with one attached hydrogen (secondary N) is 1. The Kier molecular flexibility index (Phi) is 5.59. The molecule has 0 radical (unpaired) electrons. The maximum absolute atomic E-state index is 12.1. The van der Waals surface area contributed by atoms with Gasteiger partial charge in [0, 0.05) is 6.26 Å². The second-order valence-electron chi connectivity index (χ2n) is 5.54. The third-order valence-electron chi connectivity index (χ3n) is 3.70. The largest absolute Gasteiger partial charge is 0.497 e. The highest BCUT2D eigenvalue weighted by atomic mass is 32.2. The fourth-order valence-electron chi connectivity index (χ4n) is 2.06. The van der Waals surface area contributed by atoms with E-state index in [1.54, 1.807) is 21.0 Å². The highest BCUT2D eigenvalue weighted by Crippen LogP contribution is 2.33. The maximum Gasteiger partial charge on any atom is 0.154 e. The first-order chi connectivity index (χ1) is 9.24. The third kappa shape index (κ3) is 3.73. The van der Waals surface area contributed by atoms with Crippen molar-refractivity contribution in [2.45, 2.75) is 38.0 Å². The van der Waals surface area contributed by atoms with E-state index in [1.165, 1.54) is 6.26 Å². The van der Waals surface area contributed by atoms with Gasteiger partial charge < -0.3 is 10.1 Å². The summed E-state index contributed by atoms with van der Waals surface area (Å²) in [5, 5.41) is 3.35.